The Balaban J connectivity index is 2.04. The third-order valence-corrected chi connectivity index (χ3v) is 3.15. The highest BCUT2D eigenvalue weighted by Crippen LogP contribution is 2.11. The molecule has 0 spiro atoms. The minimum absolute atomic E-state index is 0.0540. The van der Waals surface area contributed by atoms with Crippen LogP contribution in [0.4, 0.5) is 8.78 Å². The summed E-state index contributed by atoms with van der Waals surface area (Å²) < 4.78 is 27.6. The quantitative estimate of drug-likeness (QED) is 0.842. The van der Waals surface area contributed by atoms with Gasteiger partial charge in [-0.3, -0.25) is 9.48 Å². The van der Waals surface area contributed by atoms with Crippen molar-refractivity contribution >= 4 is 5.78 Å². The van der Waals surface area contributed by atoms with E-state index < -0.39 is 11.6 Å². The highest BCUT2D eigenvalue weighted by atomic mass is 19.2. The number of aryl methyl sites for hydroxylation is 2. The number of ketones is 1. The van der Waals surface area contributed by atoms with Crippen molar-refractivity contribution in [2.45, 2.75) is 26.2 Å². The molecule has 2 aromatic rings. The number of nitrogens with zero attached hydrogens (tertiary/aromatic N) is 2. The number of carbonyl (C=O) groups is 1. The fourth-order valence-corrected chi connectivity index (χ4v) is 2.05. The first-order chi connectivity index (χ1) is 9.49. The van der Waals surface area contributed by atoms with Gasteiger partial charge in [-0.2, -0.15) is 5.10 Å². The summed E-state index contributed by atoms with van der Waals surface area (Å²) in [6, 6.07) is 5.42. The van der Waals surface area contributed by atoms with E-state index >= 15 is 0 Å². The molecule has 0 aliphatic carbocycles. The topological polar surface area (TPSA) is 34.9 Å². The lowest BCUT2D eigenvalue weighted by Gasteiger charge is -2.03. The first-order valence-corrected chi connectivity index (χ1v) is 6.47. The van der Waals surface area contributed by atoms with Gasteiger partial charge in [-0.25, -0.2) is 8.78 Å². The van der Waals surface area contributed by atoms with Crippen LogP contribution in [0.15, 0.2) is 24.3 Å². The van der Waals surface area contributed by atoms with Crippen LogP contribution >= 0.6 is 0 Å². The van der Waals surface area contributed by atoms with Gasteiger partial charge < -0.3 is 0 Å². The summed E-state index contributed by atoms with van der Waals surface area (Å²) in [5, 5.41) is 4.27. The lowest BCUT2D eigenvalue weighted by molar-refractivity contribution is -0.117. The molecule has 1 heterocycles. The van der Waals surface area contributed by atoms with Crippen molar-refractivity contribution in [1.29, 1.82) is 0 Å². The van der Waals surface area contributed by atoms with E-state index in [-0.39, 0.29) is 18.6 Å². The summed E-state index contributed by atoms with van der Waals surface area (Å²) in [6.45, 7) is 2.00. The Kier molecular flexibility index (Phi) is 4.27. The molecular formula is C15H16F2N2O. The zero-order valence-corrected chi connectivity index (χ0v) is 11.5. The van der Waals surface area contributed by atoms with Gasteiger partial charge in [0.25, 0.3) is 0 Å². The first-order valence-electron chi connectivity index (χ1n) is 6.47. The summed E-state index contributed by atoms with van der Waals surface area (Å²) in [5.41, 5.74) is 2.24. The van der Waals surface area contributed by atoms with Crippen LogP contribution in [0.3, 0.4) is 0 Å². The van der Waals surface area contributed by atoms with E-state index in [1.807, 2.05) is 13.0 Å². The second kappa shape index (κ2) is 5.94. The molecule has 0 aliphatic rings. The van der Waals surface area contributed by atoms with E-state index in [0.717, 1.165) is 29.9 Å². The highest BCUT2D eigenvalue weighted by molar-refractivity contribution is 5.82. The molecule has 20 heavy (non-hydrogen) atoms. The van der Waals surface area contributed by atoms with Gasteiger partial charge in [-0.05, 0) is 30.2 Å². The van der Waals surface area contributed by atoms with E-state index in [0.29, 0.717) is 5.56 Å². The molecule has 3 nitrogen and oxygen atoms in total. The molecule has 5 heteroatoms. The molecular weight excluding hydrogens is 262 g/mol. The Morgan fingerprint density at radius 2 is 1.95 bits per heavy atom. The molecule has 0 saturated carbocycles. The largest absolute Gasteiger partial charge is 0.299 e. The molecule has 0 atom stereocenters. The maximum Gasteiger partial charge on any atom is 0.159 e. The molecule has 0 aliphatic heterocycles. The average Bonchev–Trinajstić information content (AvgIpc) is 2.74. The first kappa shape index (κ1) is 14.4. The zero-order chi connectivity index (χ0) is 14.7. The Morgan fingerprint density at radius 3 is 2.55 bits per heavy atom. The summed E-state index contributed by atoms with van der Waals surface area (Å²) in [6.07, 6.45) is 1.14. The third-order valence-electron chi connectivity index (χ3n) is 3.15. The summed E-state index contributed by atoms with van der Waals surface area (Å²) in [7, 11) is 1.79. The standard InChI is InChI=1S/C15H16F2N2O/c1-3-11-8-12(19(2)18-11)9-13(20)6-10-4-5-14(16)15(17)7-10/h4-5,7-8H,3,6,9H2,1-2H3. The number of Topliss-reactive ketones (excluding diaryl/α,β-unsaturated/α-hetero) is 1. The summed E-state index contributed by atoms with van der Waals surface area (Å²) in [5.74, 6) is -1.88. The lowest BCUT2D eigenvalue weighted by Crippen LogP contribution is -2.10. The van der Waals surface area contributed by atoms with Gasteiger partial charge in [0.2, 0.25) is 0 Å². The van der Waals surface area contributed by atoms with Crippen LogP contribution in [0.1, 0.15) is 23.9 Å². The summed E-state index contributed by atoms with van der Waals surface area (Å²) in [4.78, 5) is 12.0. The van der Waals surface area contributed by atoms with Crippen molar-refractivity contribution in [2.75, 3.05) is 0 Å². The monoisotopic (exact) mass is 278 g/mol. The molecule has 0 fully saturated rings. The van der Waals surface area contributed by atoms with Crippen LogP contribution < -0.4 is 0 Å². The van der Waals surface area contributed by atoms with Crippen molar-refractivity contribution in [3.63, 3.8) is 0 Å². The number of hydrogen-bond acceptors (Lipinski definition) is 2. The molecule has 0 N–H and O–H groups in total. The fraction of sp³-hybridized carbons (Fsp3) is 0.333. The number of aromatic nitrogens is 2. The van der Waals surface area contributed by atoms with E-state index in [4.69, 9.17) is 0 Å². The maximum atomic E-state index is 13.1. The summed E-state index contributed by atoms with van der Waals surface area (Å²) >= 11 is 0. The van der Waals surface area contributed by atoms with Crippen molar-refractivity contribution in [1.82, 2.24) is 9.78 Å². The molecule has 2 rings (SSSR count). The van der Waals surface area contributed by atoms with Gasteiger partial charge in [0.05, 0.1) is 5.69 Å². The van der Waals surface area contributed by atoms with Crippen LogP contribution in [0.25, 0.3) is 0 Å². The number of carbonyl (C=O) groups excluding carboxylic acids is 1. The Hall–Kier alpha value is -2.04. The smallest absolute Gasteiger partial charge is 0.159 e. The van der Waals surface area contributed by atoms with Crippen LogP contribution in [-0.4, -0.2) is 15.6 Å². The fourth-order valence-electron chi connectivity index (χ4n) is 2.05. The molecule has 0 bridgehead atoms. The van der Waals surface area contributed by atoms with Crippen molar-refractivity contribution < 1.29 is 13.6 Å². The number of halogens is 2. The maximum absolute atomic E-state index is 13.1. The van der Waals surface area contributed by atoms with Crippen molar-refractivity contribution in [3.05, 3.63) is 52.9 Å². The van der Waals surface area contributed by atoms with Gasteiger partial charge in [-0.1, -0.05) is 13.0 Å². The number of hydrogen-bond donors (Lipinski definition) is 0. The van der Waals surface area contributed by atoms with Gasteiger partial charge in [0, 0.05) is 25.6 Å². The van der Waals surface area contributed by atoms with Crippen molar-refractivity contribution in [3.8, 4) is 0 Å². The number of rotatable bonds is 5. The molecule has 0 radical (unpaired) electrons. The van der Waals surface area contributed by atoms with Crippen LogP contribution in [0, 0.1) is 11.6 Å². The molecule has 1 aromatic heterocycles. The van der Waals surface area contributed by atoms with E-state index in [9.17, 15) is 13.6 Å². The Morgan fingerprint density at radius 1 is 1.20 bits per heavy atom. The number of benzene rings is 1. The molecule has 0 saturated heterocycles. The predicted molar refractivity (Wildman–Crippen MR) is 71.4 cm³/mol. The Bertz CT molecular complexity index is 635. The minimum Gasteiger partial charge on any atom is -0.299 e. The van der Waals surface area contributed by atoms with Crippen molar-refractivity contribution in [2.24, 2.45) is 7.05 Å². The Labute approximate surface area is 116 Å². The molecule has 0 unspecified atom stereocenters. The SMILES string of the molecule is CCc1cc(CC(=O)Cc2ccc(F)c(F)c2)n(C)n1. The normalized spacial score (nSPS) is 10.8. The van der Waals surface area contributed by atoms with Crippen LogP contribution in [0.2, 0.25) is 0 Å². The van der Waals surface area contributed by atoms with Gasteiger partial charge >= 0.3 is 0 Å². The van der Waals surface area contributed by atoms with Gasteiger partial charge in [0.15, 0.2) is 11.6 Å². The van der Waals surface area contributed by atoms with Crippen LogP contribution in [-0.2, 0) is 31.1 Å². The highest BCUT2D eigenvalue weighted by Gasteiger charge is 2.11. The van der Waals surface area contributed by atoms with E-state index in [1.54, 1.807) is 11.7 Å². The zero-order valence-electron chi connectivity index (χ0n) is 11.5. The predicted octanol–water partition coefficient (Wildman–Crippen LogP) is 2.62. The second-order valence-corrected chi connectivity index (χ2v) is 4.74. The average molecular weight is 278 g/mol. The molecule has 1 aromatic carbocycles. The van der Waals surface area contributed by atoms with E-state index in [1.165, 1.54) is 6.07 Å². The minimum atomic E-state index is -0.927. The van der Waals surface area contributed by atoms with E-state index in [2.05, 4.69) is 5.10 Å². The molecule has 106 valence electrons. The molecule has 0 amide bonds. The van der Waals surface area contributed by atoms with Gasteiger partial charge in [0.1, 0.15) is 5.78 Å². The van der Waals surface area contributed by atoms with Gasteiger partial charge in [-0.15, -0.1) is 0 Å². The second-order valence-electron chi connectivity index (χ2n) is 4.74. The van der Waals surface area contributed by atoms with Crippen LogP contribution in [0.5, 0.6) is 0 Å². The third kappa shape index (κ3) is 3.29. The lowest BCUT2D eigenvalue weighted by atomic mass is 10.1.